The summed E-state index contributed by atoms with van der Waals surface area (Å²) in [6.07, 6.45) is -1.16. The number of aliphatic hydroxyl groups is 2. The molecule has 0 aliphatic rings. The van der Waals surface area contributed by atoms with E-state index in [0.717, 1.165) is 0 Å². The lowest BCUT2D eigenvalue weighted by atomic mass is 10.1. The van der Waals surface area contributed by atoms with Crippen LogP contribution in [0, 0.1) is 0 Å². The highest BCUT2D eigenvalue weighted by molar-refractivity contribution is 5.82. The predicted octanol–water partition coefficient (Wildman–Crippen LogP) is -2.94. The third-order valence-electron chi connectivity index (χ3n) is 3.60. The lowest BCUT2D eigenvalue weighted by Crippen LogP contribution is -2.47. The molecule has 1 unspecified atom stereocenters. The number of rotatable bonds is 11. The number of primary amides is 1. The number of amides is 3. The predicted molar refractivity (Wildman–Crippen MR) is 89.9 cm³/mol. The van der Waals surface area contributed by atoms with Crippen LogP contribution in [0.25, 0.3) is 0 Å². The molecule has 1 rings (SSSR count). The third kappa shape index (κ3) is 7.16. The molecule has 0 saturated carbocycles. The largest absolute Gasteiger partial charge is 0.563 e. The van der Waals surface area contributed by atoms with Crippen molar-refractivity contribution in [1.29, 1.82) is 0 Å². The van der Waals surface area contributed by atoms with Crippen molar-refractivity contribution in [2.45, 2.75) is 50.4 Å². The Balaban J connectivity index is 2.89. The fourth-order valence-corrected chi connectivity index (χ4v) is 2.04. The summed E-state index contributed by atoms with van der Waals surface area (Å²) in [5.74, 6) is -1.77. The summed E-state index contributed by atoms with van der Waals surface area (Å²) in [6, 6.07) is -3.89. The molecule has 13 nitrogen and oxygen atoms in total. The van der Waals surface area contributed by atoms with E-state index in [9.17, 15) is 19.5 Å². The monoisotopic (exact) mass is 389 g/mol. The van der Waals surface area contributed by atoms with Crippen molar-refractivity contribution in [3.05, 3.63) is 11.7 Å². The number of carbonyl (C=O) groups excluding carboxylic acids is 3. The molecular weight excluding hydrogens is 364 g/mol. The number of carbonyl (C=O) groups is 3. The third-order valence-corrected chi connectivity index (χ3v) is 3.60. The zero-order valence-electron chi connectivity index (χ0n) is 14.7. The quantitative estimate of drug-likeness (QED) is 0.212. The Bertz CT molecular complexity index is 650. The Morgan fingerprint density at radius 1 is 1.30 bits per heavy atom. The minimum atomic E-state index is -1.20. The molecule has 4 atom stereocenters. The number of urea groups is 1. The number of aromatic nitrogens is 2. The van der Waals surface area contributed by atoms with Crippen LogP contribution in [0.15, 0.2) is 4.52 Å². The molecule has 0 radical (unpaired) electrons. The van der Waals surface area contributed by atoms with E-state index in [1.165, 1.54) is 6.92 Å². The van der Waals surface area contributed by atoms with E-state index in [4.69, 9.17) is 26.2 Å². The molecule has 0 aromatic carbocycles. The topological polar surface area (TPSA) is 230 Å². The van der Waals surface area contributed by atoms with E-state index in [1.54, 1.807) is 0 Å². The van der Waals surface area contributed by atoms with E-state index in [-0.39, 0.29) is 31.0 Å². The summed E-state index contributed by atoms with van der Waals surface area (Å²) in [4.78, 5) is 38.3. The standard InChI is InChI=1S/C14H24N6O7/c1-6(22)10(16)11-19-12(27-20-11)7(2-3-9(15)23)17-14(26)18-8(4-5-21)13(24)25/h6-8,10,21-22H,2-5,16H2,1H3,(H2,15,23)(H,24,25)(H2,17,18,26)/p+1/t6?,7-,8-,10-/m0/s1. The maximum atomic E-state index is 12.1. The van der Waals surface area contributed by atoms with Crippen LogP contribution in [0.5, 0.6) is 0 Å². The molecule has 27 heavy (non-hydrogen) atoms. The molecule has 13 heteroatoms. The van der Waals surface area contributed by atoms with Crippen LogP contribution in [0.3, 0.4) is 0 Å². The van der Waals surface area contributed by atoms with E-state index in [1.807, 2.05) is 0 Å². The van der Waals surface area contributed by atoms with Gasteiger partial charge < -0.3 is 41.9 Å². The summed E-state index contributed by atoms with van der Waals surface area (Å²) >= 11 is 0. The Kier molecular flexibility index (Phi) is 8.58. The SMILES string of the molecule is CC(O)[C@H](N)c1noc([C@H](CCC(N)=O)NC(=O)N[C@@H](CCO)C(=O)[OH2+])n1. The van der Waals surface area contributed by atoms with Crippen LogP contribution < -0.4 is 22.1 Å². The Morgan fingerprint density at radius 3 is 2.48 bits per heavy atom. The molecule has 0 fully saturated rings. The minimum Gasteiger partial charge on any atom is -0.563 e. The molecule has 0 bridgehead atoms. The Hall–Kier alpha value is -2.77. The summed E-state index contributed by atoms with van der Waals surface area (Å²) < 4.78 is 5.04. The average Bonchev–Trinajstić information content (AvgIpc) is 3.06. The van der Waals surface area contributed by atoms with Gasteiger partial charge in [-0.15, -0.1) is 0 Å². The van der Waals surface area contributed by atoms with Crippen molar-refractivity contribution in [2.24, 2.45) is 11.5 Å². The Labute approximate surface area is 154 Å². The van der Waals surface area contributed by atoms with E-state index >= 15 is 0 Å². The second kappa shape index (κ2) is 10.4. The zero-order chi connectivity index (χ0) is 20.6. The first-order valence-electron chi connectivity index (χ1n) is 8.14. The summed E-state index contributed by atoms with van der Waals surface area (Å²) in [6.45, 7) is 1.04. The maximum absolute atomic E-state index is 12.1. The van der Waals surface area contributed by atoms with Crippen LogP contribution in [0.4, 0.5) is 4.79 Å². The van der Waals surface area contributed by atoms with Gasteiger partial charge in [0, 0.05) is 24.2 Å². The molecule has 0 saturated heterocycles. The van der Waals surface area contributed by atoms with Gasteiger partial charge in [-0.25, -0.2) is 4.79 Å². The molecule has 0 spiro atoms. The van der Waals surface area contributed by atoms with Crippen molar-refractivity contribution in [3.63, 3.8) is 0 Å². The number of nitrogens with zero attached hydrogens (tertiary/aromatic N) is 2. The van der Waals surface area contributed by atoms with Gasteiger partial charge in [-0.3, -0.25) is 4.79 Å². The second-order valence-corrected chi connectivity index (χ2v) is 5.86. The number of aliphatic hydroxyl groups excluding tert-OH is 2. The number of hydrogen-bond donors (Lipinski definition) is 6. The fraction of sp³-hybridized carbons (Fsp3) is 0.643. The van der Waals surface area contributed by atoms with Gasteiger partial charge in [0.15, 0.2) is 11.9 Å². The molecule has 3 amide bonds. The van der Waals surface area contributed by atoms with Gasteiger partial charge in [-0.1, -0.05) is 5.16 Å². The zero-order valence-corrected chi connectivity index (χ0v) is 14.7. The van der Waals surface area contributed by atoms with Gasteiger partial charge in [-0.05, 0) is 13.3 Å². The van der Waals surface area contributed by atoms with Gasteiger partial charge in [0.1, 0.15) is 6.04 Å². The molecule has 0 aliphatic heterocycles. The molecule has 10 N–H and O–H groups in total. The molecular formula is C14H25N6O7+. The normalized spacial score (nSPS) is 15.4. The molecule has 1 aromatic heterocycles. The summed E-state index contributed by atoms with van der Waals surface area (Å²) in [7, 11) is 0. The Morgan fingerprint density at radius 2 is 1.96 bits per heavy atom. The lowest BCUT2D eigenvalue weighted by Gasteiger charge is -2.16. The van der Waals surface area contributed by atoms with Crippen molar-refractivity contribution in [1.82, 2.24) is 20.8 Å². The molecule has 0 aliphatic carbocycles. The van der Waals surface area contributed by atoms with Crippen LogP contribution in [-0.2, 0) is 9.59 Å². The average molecular weight is 389 g/mol. The maximum Gasteiger partial charge on any atom is 0.538 e. The van der Waals surface area contributed by atoms with Gasteiger partial charge >= 0.3 is 12.0 Å². The van der Waals surface area contributed by atoms with Gasteiger partial charge in [0.05, 0.1) is 12.1 Å². The molecule has 152 valence electrons. The van der Waals surface area contributed by atoms with Crippen LogP contribution in [-0.4, -0.2) is 62.1 Å². The molecule has 1 heterocycles. The van der Waals surface area contributed by atoms with E-state index in [0.29, 0.717) is 0 Å². The lowest BCUT2D eigenvalue weighted by molar-refractivity contribution is -0.139. The first kappa shape index (κ1) is 22.3. The van der Waals surface area contributed by atoms with Crippen molar-refractivity contribution in [2.75, 3.05) is 6.61 Å². The van der Waals surface area contributed by atoms with Crippen LogP contribution >= 0.6 is 0 Å². The highest BCUT2D eigenvalue weighted by Gasteiger charge is 2.29. The van der Waals surface area contributed by atoms with E-state index < -0.39 is 48.7 Å². The first-order chi connectivity index (χ1) is 12.6. The smallest absolute Gasteiger partial charge is 0.538 e. The van der Waals surface area contributed by atoms with Gasteiger partial charge in [-0.2, -0.15) is 4.98 Å². The van der Waals surface area contributed by atoms with Gasteiger partial charge in [0.2, 0.25) is 11.8 Å². The fourth-order valence-electron chi connectivity index (χ4n) is 2.04. The van der Waals surface area contributed by atoms with Crippen molar-refractivity contribution < 1.29 is 34.2 Å². The van der Waals surface area contributed by atoms with Gasteiger partial charge in [0.25, 0.3) is 0 Å². The van der Waals surface area contributed by atoms with Crippen LogP contribution in [0.2, 0.25) is 0 Å². The van der Waals surface area contributed by atoms with Crippen molar-refractivity contribution >= 4 is 17.9 Å². The number of nitrogens with two attached hydrogens (primary N) is 2. The summed E-state index contributed by atoms with van der Waals surface area (Å²) in [5.41, 5.74) is 10.8. The number of nitrogens with one attached hydrogen (secondary N) is 2. The van der Waals surface area contributed by atoms with E-state index in [2.05, 4.69) is 20.8 Å². The van der Waals surface area contributed by atoms with Crippen molar-refractivity contribution in [3.8, 4) is 0 Å². The molecule has 1 aromatic rings. The minimum absolute atomic E-state index is 0.00535. The highest BCUT2D eigenvalue weighted by atomic mass is 16.5. The first-order valence-corrected chi connectivity index (χ1v) is 8.14. The highest BCUT2D eigenvalue weighted by Crippen LogP contribution is 2.19. The van der Waals surface area contributed by atoms with Crippen LogP contribution in [0.1, 0.15) is 50.0 Å². The summed E-state index contributed by atoms with van der Waals surface area (Å²) in [5, 5.41) is 33.8. The second-order valence-electron chi connectivity index (χ2n) is 5.86. The number of hydrogen-bond acceptors (Lipinski definition) is 9.